The topological polar surface area (TPSA) is 64.6 Å². The number of amides is 1. The van der Waals surface area contributed by atoms with Crippen molar-refractivity contribution < 1.29 is 19.1 Å². The van der Waals surface area contributed by atoms with Crippen LogP contribution in [0.2, 0.25) is 0 Å². The van der Waals surface area contributed by atoms with Crippen molar-refractivity contribution in [2.75, 3.05) is 6.61 Å². The Morgan fingerprint density at radius 3 is 2.10 bits per heavy atom. The van der Waals surface area contributed by atoms with E-state index in [0.29, 0.717) is 18.1 Å². The van der Waals surface area contributed by atoms with Crippen molar-refractivity contribution in [1.29, 1.82) is 0 Å². The first-order chi connectivity index (χ1) is 15.1. The van der Waals surface area contributed by atoms with Crippen LogP contribution < -0.4 is 10.1 Å². The highest BCUT2D eigenvalue weighted by atomic mass is 16.5. The van der Waals surface area contributed by atoms with Gasteiger partial charge >= 0.3 is 5.97 Å². The Morgan fingerprint density at radius 1 is 0.935 bits per heavy atom. The summed E-state index contributed by atoms with van der Waals surface area (Å²) in [6, 6.07) is 22.4. The second-order valence-electron chi connectivity index (χ2n) is 7.59. The van der Waals surface area contributed by atoms with Gasteiger partial charge in [-0.15, -0.1) is 0 Å². The summed E-state index contributed by atoms with van der Waals surface area (Å²) in [5.41, 5.74) is 3.58. The van der Waals surface area contributed by atoms with Crippen molar-refractivity contribution in [2.45, 2.75) is 32.2 Å². The summed E-state index contributed by atoms with van der Waals surface area (Å²) < 4.78 is 11.1. The number of ether oxygens (including phenoxy) is 2. The fourth-order valence-corrected chi connectivity index (χ4v) is 3.88. The second kappa shape index (κ2) is 9.04. The first-order valence-electron chi connectivity index (χ1n) is 10.4. The summed E-state index contributed by atoms with van der Waals surface area (Å²) in [6.45, 7) is 4.07. The molecule has 0 saturated heterocycles. The van der Waals surface area contributed by atoms with Gasteiger partial charge in [-0.05, 0) is 31.5 Å². The van der Waals surface area contributed by atoms with Gasteiger partial charge in [0.15, 0.2) is 0 Å². The number of para-hydroxylation sites is 2. The number of carbonyl (C=O) groups is 2. The number of hydrogen-bond donors (Lipinski definition) is 1. The lowest BCUT2D eigenvalue weighted by Crippen LogP contribution is -2.35. The van der Waals surface area contributed by atoms with E-state index in [9.17, 15) is 9.59 Å². The molecule has 158 valence electrons. The molecule has 0 spiro atoms. The lowest BCUT2D eigenvalue weighted by atomic mass is 9.86. The van der Waals surface area contributed by atoms with E-state index >= 15 is 0 Å². The molecule has 1 atom stereocenters. The van der Waals surface area contributed by atoms with Crippen LogP contribution in [0.4, 0.5) is 0 Å². The lowest BCUT2D eigenvalue weighted by Gasteiger charge is -2.29. The molecule has 0 radical (unpaired) electrons. The van der Waals surface area contributed by atoms with Gasteiger partial charge in [0.2, 0.25) is 5.91 Å². The van der Waals surface area contributed by atoms with Gasteiger partial charge in [0, 0.05) is 11.1 Å². The van der Waals surface area contributed by atoms with Crippen LogP contribution in [0.5, 0.6) is 11.5 Å². The molecule has 1 amide bonds. The van der Waals surface area contributed by atoms with Gasteiger partial charge in [0.1, 0.15) is 11.5 Å². The Morgan fingerprint density at radius 2 is 1.52 bits per heavy atom. The maximum atomic E-state index is 13.6. The molecular weight excluding hydrogens is 390 g/mol. The largest absolute Gasteiger partial charge is 0.466 e. The number of fused-ring (bicyclic) bond motifs is 2. The Kier molecular flexibility index (Phi) is 6.03. The third kappa shape index (κ3) is 4.45. The van der Waals surface area contributed by atoms with Gasteiger partial charge < -0.3 is 14.8 Å². The minimum atomic E-state index is -0.531. The second-order valence-corrected chi connectivity index (χ2v) is 7.59. The zero-order valence-corrected chi connectivity index (χ0v) is 17.6. The standard InChI is InChI=1S/C26H25NO4/c1-3-30-24(28)16-21(18-14-12-17(2)13-15-18)27-26(29)25-19-8-4-6-10-22(19)31-23-11-7-5-9-20(23)25/h4-15,21,25H,3,16H2,1-2H3,(H,27,29)/t21-/m0/s1. The van der Waals surface area contributed by atoms with E-state index in [-0.39, 0.29) is 18.3 Å². The van der Waals surface area contributed by atoms with Crippen LogP contribution in [0.15, 0.2) is 72.8 Å². The van der Waals surface area contributed by atoms with Crippen LogP contribution in [0.25, 0.3) is 0 Å². The van der Waals surface area contributed by atoms with Crippen molar-refractivity contribution in [3.05, 3.63) is 95.1 Å². The third-order valence-corrected chi connectivity index (χ3v) is 5.41. The molecule has 0 aromatic heterocycles. The highest BCUT2D eigenvalue weighted by Crippen LogP contribution is 2.44. The predicted molar refractivity (Wildman–Crippen MR) is 118 cm³/mol. The summed E-state index contributed by atoms with van der Waals surface area (Å²) in [7, 11) is 0. The molecule has 4 rings (SSSR count). The van der Waals surface area contributed by atoms with Gasteiger partial charge in [-0.25, -0.2) is 0 Å². The molecule has 1 aliphatic rings. The maximum absolute atomic E-state index is 13.6. The first kappa shape index (κ1) is 20.7. The molecule has 5 nitrogen and oxygen atoms in total. The molecule has 0 saturated carbocycles. The number of hydrogen-bond acceptors (Lipinski definition) is 4. The van der Waals surface area contributed by atoms with Gasteiger partial charge in [-0.1, -0.05) is 66.2 Å². The van der Waals surface area contributed by atoms with Crippen LogP contribution in [0.3, 0.4) is 0 Å². The molecule has 0 aliphatic carbocycles. The Bertz CT molecular complexity index is 1050. The van der Waals surface area contributed by atoms with Crippen molar-refractivity contribution in [2.24, 2.45) is 0 Å². The number of aryl methyl sites for hydroxylation is 1. The number of nitrogens with one attached hydrogen (secondary N) is 1. The molecule has 31 heavy (non-hydrogen) atoms. The van der Waals surface area contributed by atoms with E-state index < -0.39 is 12.0 Å². The molecule has 0 fully saturated rings. The Labute approximate surface area is 182 Å². The molecule has 5 heteroatoms. The molecule has 1 heterocycles. The Hall–Kier alpha value is -3.60. The minimum absolute atomic E-state index is 0.0646. The predicted octanol–water partition coefficient (Wildman–Crippen LogP) is 5.04. The number of rotatable bonds is 6. The van der Waals surface area contributed by atoms with E-state index in [0.717, 1.165) is 22.3 Å². The fraction of sp³-hybridized carbons (Fsp3) is 0.231. The zero-order chi connectivity index (χ0) is 21.8. The average molecular weight is 415 g/mol. The van der Waals surface area contributed by atoms with E-state index in [1.807, 2.05) is 79.7 Å². The van der Waals surface area contributed by atoms with Crippen LogP contribution in [0.1, 0.15) is 47.6 Å². The van der Waals surface area contributed by atoms with Crippen molar-refractivity contribution in [3.8, 4) is 11.5 Å². The summed E-state index contributed by atoms with van der Waals surface area (Å²) in [5.74, 6) is 0.271. The summed E-state index contributed by atoms with van der Waals surface area (Å²) >= 11 is 0. The Balaban J connectivity index is 1.67. The van der Waals surface area contributed by atoms with Crippen LogP contribution in [0, 0.1) is 6.92 Å². The van der Waals surface area contributed by atoms with Crippen LogP contribution in [-0.4, -0.2) is 18.5 Å². The van der Waals surface area contributed by atoms with Crippen molar-refractivity contribution in [1.82, 2.24) is 5.32 Å². The smallest absolute Gasteiger partial charge is 0.308 e. The van der Waals surface area contributed by atoms with Gasteiger partial charge in [-0.3, -0.25) is 9.59 Å². The lowest BCUT2D eigenvalue weighted by molar-refractivity contribution is -0.143. The molecule has 3 aromatic carbocycles. The molecule has 1 N–H and O–H groups in total. The molecular formula is C26H25NO4. The fourth-order valence-electron chi connectivity index (χ4n) is 3.88. The summed E-state index contributed by atoms with van der Waals surface area (Å²) in [5, 5.41) is 3.10. The highest BCUT2D eigenvalue weighted by molar-refractivity contribution is 5.90. The quantitative estimate of drug-likeness (QED) is 0.573. The summed E-state index contributed by atoms with van der Waals surface area (Å²) in [6.07, 6.45) is 0.0646. The third-order valence-electron chi connectivity index (χ3n) is 5.41. The zero-order valence-electron chi connectivity index (χ0n) is 17.6. The van der Waals surface area contributed by atoms with E-state index in [2.05, 4.69) is 5.32 Å². The highest BCUT2D eigenvalue weighted by Gasteiger charge is 2.34. The average Bonchev–Trinajstić information content (AvgIpc) is 2.77. The molecule has 0 bridgehead atoms. The monoisotopic (exact) mass is 415 g/mol. The van der Waals surface area contributed by atoms with E-state index in [4.69, 9.17) is 9.47 Å². The first-order valence-corrected chi connectivity index (χ1v) is 10.4. The molecule has 0 unspecified atom stereocenters. The van der Waals surface area contributed by atoms with Gasteiger partial charge in [0.25, 0.3) is 0 Å². The SMILES string of the molecule is CCOC(=O)C[C@H](NC(=O)C1c2ccccc2Oc2ccccc21)c1ccc(C)cc1. The van der Waals surface area contributed by atoms with Gasteiger partial charge in [0.05, 0.1) is 25.0 Å². The van der Waals surface area contributed by atoms with Crippen LogP contribution >= 0.6 is 0 Å². The van der Waals surface area contributed by atoms with Gasteiger partial charge in [-0.2, -0.15) is 0 Å². The minimum Gasteiger partial charge on any atom is -0.466 e. The van der Waals surface area contributed by atoms with Crippen molar-refractivity contribution >= 4 is 11.9 Å². The van der Waals surface area contributed by atoms with E-state index in [1.54, 1.807) is 6.92 Å². The number of esters is 1. The van der Waals surface area contributed by atoms with Crippen LogP contribution in [-0.2, 0) is 14.3 Å². The normalized spacial score (nSPS) is 13.4. The van der Waals surface area contributed by atoms with E-state index in [1.165, 1.54) is 0 Å². The maximum Gasteiger partial charge on any atom is 0.308 e. The number of benzene rings is 3. The summed E-state index contributed by atoms with van der Waals surface area (Å²) in [4.78, 5) is 25.8. The molecule has 1 aliphatic heterocycles. The van der Waals surface area contributed by atoms with Crippen molar-refractivity contribution in [3.63, 3.8) is 0 Å². The molecule has 3 aromatic rings. The number of carbonyl (C=O) groups excluding carboxylic acids is 2.